The van der Waals surface area contributed by atoms with Gasteiger partial charge in [-0.3, -0.25) is 0 Å². The average Bonchev–Trinajstić information content (AvgIpc) is 2.42. The summed E-state index contributed by atoms with van der Waals surface area (Å²) in [6, 6.07) is 6.30. The van der Waals surface area contributed by atoms with Crippen LogP contribution in [0.25, 0.3) is 0 Å². The first kappa shape index (κ1) is 17.4. The van der Waals surface area contributed by atoms with Crippen molar-refractivity contribution in [2.75, 3.05) is 27.2 Å². The van der Waals surface area contributed by atoms with Gasteiger partial charge in [0.2, 0.25) is 10.0 Å². The highest BCUT2D eigenvalue weighted by atomic mass is 32.2. The lowest BCUT2D eigenvalue weighted by molar-refractivity contribution is 0.217. The Labute approximate surface area is 125 Å². The van der Waals surface area contributed by atoms with Gasteiger partial charge >= 0.3 is 6.03 Å². The van der Waals surface area contributed by atoms with Crippen LogP contribution in [0.5, 0.6) is 0 Å². The first-order chi connectivity index (χ1) is 9.71. The van der Waals surface area contributed by atoms with Crippen LogP contribution in [0.2, 0.25) is 0 Å². The van der Waals surface area contributed by atoms with Crippen molar-refractivity contribution in [1.82, 2.24) is 15.5 Å². The van der Waals surface area contributed by atoms with Gasteiger partial charge in [0, 0.05) is 33.2 Å². The maximum absolute atomic E-state index is 11.3. The van der Waals surface area contributed by atoms with E-state index in [-0.39, 0.29) is 17.0 Å². The zero-order valence-corrected chi connectivity index (χ0v) is 13.3. The Morgan fingerprint density at radius 3 is 2.29 bits per heavy atom. The number of primary sulfonamides is 1. The van der Waals surface area contributed by atoms with Gasteiger partial charge in [0.25, 0.3) is 0 Å². The van der Waals surface area contributed by atoms with E-state index in [9.17, 15) is 13.2 Å². The molecule has 4 N–H and O–H groups in total. The summed E-state index contributed by atoms with van der Waals surface area (Å²) in [5, 5.41) is 11.0. The highest BCUT2D eigenvalue weighted by molar-refractivity contribution is 7.89. The molecule has 0 aliphatic carbocycles. The molecule has 1 rings (SSSR count). The zero-order valence-electron chi connectivity index (χ0n) is 12.5. The largest absolute Gasteiger partial charge is 0.337 e. The van der Waals surface area contributed by atoms with Crippen molar-refractivity contribution in [3.05, 3.63) is 29.8 Å². The third-order valence-electron chi connectivity index (χ3n) is 2.97. The number of hydrogen-bond acceptors (Lipinski definition) is 4. The summed E-state index contributed by atoms with van der Waals surface area (Å²) < 4.78 is 22.3. The van der Waals surface area contributed by atoms with Crippen molar-refractivity contribution >= 4 is 16.1 Å². The quantitative estimate of drug-likeness (QED) is 0.655. The predicted molar refractivity (Wildman–Crippen MR) is 81.3 cm³/mol. The molecule has 2 amide bonds. The highest BCUT2D eigenvalue weighted by Crippen LogP contribution is 2.15. The van der Waals surface area contributed by atoms with E-state index in [1.807, 2.05) is 6.92 Å². The number of rotatable bonds is 6. The van der Waals surface area contributed by atoms with Crippen LogP contribution in [0.1, 0.15) is 18.5 Å². The molecule has 0 spiro atoms. The van der Waals surface area contributed by atoms with Crippen molar-refractivity contribution < 1.29 is 13.2 Å². The van der Waals surface area contributed by atoms with Crippen LogP contribution < -0.4 is 15.8 Å². The number of amides is 2. The van der Waals surface area contributed by atoms with Crippen molar-refractivity contribution in [3.8, 4) is 0 Å². The fraction of sp³-hybridized carbons (Fsp3) is 0.462. The number of nitrogens with two attached hydrogens (primary N) is 1. The van der Waals surface area contributed by atoms with E-state index < -0.39 is 10.0 Å². The van der Waals surface area contributed by atoms with Gasteiger partial charge in [0.15, 0.2) is 0 Å². The van der Waals surface area contributed by atoms with Crippen LogP contribution >= 0.6 is 0 Å². The van der Waals surface area contributed by atoms with Gasteiger partial charge in [-0.25, -0.2) is 18.4 Å². The van der Waals surface area contributed by atoms with Crippen LogP contribution in [-0.4, -0.2) is 46.5 Å². The minimum atomic E-state index is -3.66. The molecular formula is C13H22N4O3S. The Morgan fingerprint density at radius 1 is 1.24 bits per heavy atom. The number of sulfonamides is 1. The maximum atomic E-state index is 11.3. The van der Waals surface area contributed by atoms with Gasteiger partial charge in [-0.05, 0) is 24.6 Å². The average molecular weight is 314 g/mol. The number of nitrogens with one attached hydrogen (secondary N) is 2. The second-order valence-electron chi connectivity index (χ2n) is 4.92. The molecule has 0 heterocycles. The van der Waals surface area contributed by atoms with E-state index in [1.165, 1.54) is 17.0 Å². The van der Waals surface area contributed by atoms with Crippen molar-refractivity contribution in [1.29, 1.82) is 0 Å². The molecule has 1 atom stereocenters. The fourth-order valence-electron chi connectivity index (χ4n) is 1.68. The molecule has 1 unspecified atom stereocenters. The predicted octanol–water partition coefficient (Wildman–Crippen LogP) is 0.256. The summed E-state index contributed by atoms with van der Waals surface area (Å²) in [7, 11) is -0.298. The van der Waals surface area contributed by atoms with Crippen LogP contribution in [-0.2, 0) is 10.0 Å². The van der Waals surface area contributed by atoms with Gasteiger partial charge in [0.1, 0.15) is 0 Å². The molecule has 0 aromatic heterocycles. The van der Waals surface area contributed by atoms with Gasteiger partial charge in [-0.1, -0.05) is 12.1 Å². The van der Waals surface area contributed by atoms with Crippen molar-refractivity contribution in [2.45, 2.75) is 17.9 Å². The third kappa shape index (κ3) is 5.70. The normalized spacial score (nSPS) is 12.8. The minimum absolute atomic E-state index is 0.0378. The van der Waals surface area contributed by atoms with Crippen LogP contribution in [0.4, 0.5) is 4.79 Å². The molecule has 1 aromatic rings. The molecule has 0 aliphatic rings. The lowest BCUT2D eigenvalue weighted by atomic mass is 10.1. The summed E-state index contributed by atoms with van der Waals surface area (Å²) in [6.07, 6.45) is 0. The van der Waals surface area contributed by atoms with Gasteiger partial charge in [0.05, 0.1) is 4.90 Å². The molecule has 8 heteroatoms. The van der Waals surface area contributed by atoms with Gasteiger partial charge in [-0.2, -0.15) is 0 Å². The molecule has 7 nitrogen and oxygen atoms in total. The first-order valence-corrected chi connectivity index (χ1v) is 8.07. The first-order valence-electron chi connectivity index (χ1n) is 6.53. The number of hydrogen-bond donors (Lipinski definition) is 3. The molecule has 0 fully saturated rings. The smallest absolute Gasteiger partial charge is 0.316 e. The fourth-order valence-corrected chi connectivity index (χ4v) is 2.20. The number of carbonyl (C=O) groups excluding carboxylic acids is 1. The molecule has 0 saturated heterocycles. The number of benzene rings is 1. The molecule has 1 aromatic carbocycles. The Balaban J connectivity index is 2.46. The minimum Gasteiger partial charge on any atom is -0.337 e. The third-order valence-corrected chi connectivity index (χ3v) is 3.90. The van der Waals surface area contributed by atoms with Crippen molar-refractivity contribution in [2.24, 2.45) is 5.14 Å². The SMILES string of the molecule is CC(NCCNC(=O)N(C)C)c1ccc(S(N)(=O)=O)cc1. The molecule has 0 radical (unpaired) electrons. The summed E-state index contributed by atoms with van der Waals surface area (Å²) in [5.74, 6) is 0. The molecular weight excluding hydrogens is 292 g/mol. The van der Waals surface area contributed by atoms with Gasteiger partial charge in [-0.15, -0.1) is 0 Å². The monoisotopic (exact) mass is 314 g/mol. The summed E-state index contributed by atoms with van der Waals surface area (Å²) >= 11 is 0. The molecule has 0 bridgehead atoms. The Morgan fingerprint density at radius 2 is 1.81 bits per heavy atom. The Bertz CT molecular complexity index is 570. The number of carbonyl (C=O) groups is 1. The summed E-state index contributed by atoms with van der Waals surface area (Å²) in [4.78, 5) is 12.9. The molecule has 118 valence electrons. The summed E-state index contributed by atoms with van der Waals surface area (Å²) in [5.41, 5.74) is 0.946. The molecule has 0 aliphatic heterocycles. The Hall–Kier alpha value is -1.64. The van der Waals surface area contributed by atoms with E-state index in [1.54, 1.807) is 26.2 Å². The number of urea groups is 1. The maximum Gasteiger partial charge on any atom is 0.316 e. The van der Waals surface area contributed by atoms with Crippen LogP contribution in [0.3, 0.4) is 0 Å². The van der Waals surface area contributed by atoms with Crippen LogP contribution in [0.15, 0.2) is 29.2 Å². The topological polar surface area (TPSA) is 105 Å². The van der Waals surface area contributed by atoms with Crippen LogP contribution in [0, 0.1) is 0 Å². The molecule has 21 heavy (non-hydrogen) atoms. The van der Waals surface area contributed by atoms with E-state index in [2.05, 4.69) is 10.6 Å². The highest BCUT2D eigenvalue weighted by Gasteiger charge is 2.09. The van der Waals surface area contributed by atoms with E-state index >= 15 is 0 Å². The molecule has 0 saturated carbocycles. The lowest BCUT2D eigenvalue weighted by Gasteiger charge is -2.16. The Kier molecular flexibility index (Phi) is 6.13. The van der Waals surface area contributed by atoms with E-state index in [0.29, 0.717) is 13.1 Å². The zero-order chi connectivity index (χ0) is 16.0. The van der Waals surface area contributed by atoms with Crippen molar-refractivity contribution in [3.63, 3.8) is 0 Å². The standard InChI is InChI=1S/C13H22N4O3S/c1-10(15-8-9-16-13(18)17(2)3)11-4-6-12(7-5-11)21(14,19)20/h4-7,10,15H,8-9H2,1-3H3,(H,16,18)(H2,14,19,20). The van der Waals surface area contributed by atoms with E-state index in [4.69, 9.17) is 5.14 Å². The van der Waals surface area contributed by atoms with Gasteiger partial charge < -0.3 is 15.5 Å². The summed E-state index contributed by atoms with van der Waals surface area (Å²) in [6.45, 7) is 3.08. The second-order valence-corrected chi connectivity index (χ2v) is 6.48. The second kappa shape index (κ2) is 7.39. The number of nitrogens with zero attached hydrogens (tertiary/aromatic N) is 1. The lowest BCUT2D eigenvalue weighted by Crippen LogP contribution is -2.38. The van der Waals surface area contributed by atoms with E-state index in [0.717, 1.165) is 5.56 Å².